The van der Waals surface area contributed by atoms with E-state index >= 15 is 0 Å². The minimum atomic E-state index is -3.47. The summed E-state index contributed by atoms with van der Waals surface area (Å²) < 4.78 is 24.9. The van der Waals surface area contributed by atoms with Crippen LogP contribution in [0, 0.1) is 10.1 Å². The molecular weight excluding hydrogens is 268 g/mol. The van der Waals surface area contributed by atoms with E-state index in [1.807, 2.05) is 7.05 Å². The fraction of sp³-hybridized carbons (Fsp3) is 0.500. The van der Waals surface area contributed by atoms with Crippen LogP contribution in [-0.4, -0.2) is 43.6 Å². The zero-order valence-corrected chi connectivity index (χ0v) is 11.5. The van der Waals surface area contributed by atoms with E-state index in [2.05, 4.69) is 4.90 Å². The second-order valence-electron chi connectivity index (χ2n) is 4.80. The molecule has 0 amide bonds. The summed E-state index contributed by atoms with van der Waals surface area (Å²) in [7, 11) is -1.52. The molecule has 1 aliphatic heterocycles. The lowest BCUT2D eigenvalue weighted by atomic mass is 10.1. The topological polar surface area (TPSA) is 80.5 Å². The van der Waals surface area contributed by atoms with Gasteiger partial charge < -0.3 is 4.90 Å². The van der Waals surface area contributed by atoms with Crippen LogP contribution in [0.5, 0.6) is 0 Å². The second kappa shape index (κ2) is 5.26. The highest BCUT2D eigenvalue weighted by Crippen LogP contribution is 2.26. The Bertz CT molecular complexity index is 577. The van der Waals surface area contributed by atoms with Crippen molar-refractivity contribution in [2.45, 2.75) is 23.0 Å². The first-order valence-corrected chi connectivity index (χ1v) is 7.63. The molecule has 1 saturated heterocycles. The molecule has 7 heteroatoms. The molecule has 0 N–H and O–H groups in total. The maximum atomic E-state index is 12.4. The highest BCUT2D eigenvalue weighted by molar-refractivity contribution is 7.92. The van der Waals surface area contributed by atoms with Gasteiger partial charge in [-0.25, -0.2) is 8.42 Å². The molecule has 0 aliphatic carbocycles. The van der Waals surface area contributed by atoms with E-state index in [1.165, 1.54) is 18.2 Å². The molecule has 1 aromatic carbocycles. The van der Waals surface area contributed by atoms with Crippen LogP contribution in [0.15, 0.2) is 29.2 Å². The number of hydrogen-bond acceptors (Lipinski definition) is 5. The average Bonchev–Trinajstić information content (AvgIpc) is 2.39. The maximum Gasteiger partial charge on any atom is 0.270 e. The summed E-state index contributed by atoms with van der Waals surface area (Å²) in [5, 5.41) is 10.3. The molecule has 0 aromatic heterocycles. The van der Waals surface area contributed by atoms with Gasteiger partial charge in [0.25, 0.3) is 5.69 Å². The quantitative estimate of drug-likeness (QED) is 0.620. The van der Waals surface area contributed by atoms with Crippen molar-refractivity contribution in [3.8, 4) is 0 Å². The van der Waals surface area contributed by atoms with Gasteiger partial charge in [-0.3, -0.25) is 10.1 Å². The highest BCUT2D eigenvalue weighted by atomic mass is 32.2. The third-order valence-electron chi connectivity index (χ3n) is 3.46. The molecule has 0 bridgehead atoms. The third kappa shape index (κ3) is 2.93. The van der Waals surface area contributed by atoms with Gasteiger partial charge in [-0.05, 0) is 39.0 Å². The lowest BCUT2D eigenvalue weighted by Crippen LogP contribution is -2.37. The summed E-state index contributed by atoms with van der Waals surface area (Å²) in [5.74, 6) is 0. The van der Waals surface area contributed by atoms with E-state index in [4.69, 9.17) is 0 Å². The molecule has 0 unspecified atom stereocenters. The normalized spacial score (nSPS) is 18.4. The number of sulfone groups is 1. The van der Waals surface area contributed by atoms with Gasteiger partial charge in [0.05, 0.1) is 15.1 Å². The van der Waals surface area contributed by atoms with E-state index < -0.39 is 20.0 Å². The minimum absolute atomic E-state index is 0.0521. The molecular formula is C12H16N2O4S. The SMILES string of the molecule is CN1CCC(S(=O)(=O)c2cccc([N+](=O)[O-])c2)CC1. The molecule has 1 heterocycles. The summed E-state index contributed by atoms with van der Waals surface area (Å²) in [5.41, 5.74) is -0.186. The van der Waals surface area contributed by atoms with Crippen molar-refractivity contribution >= 4 is 15.5 Å². The van der Waals surface area contributed by atoms with Crippen molar-refractivity contribution in [3.63, 3.8) is 0 Å². The largest absolute Gasteiger partial charge is 0.306 e. The third-order valence-corrected chi connectivity index (χ3v) is 5.72. The number of hydrogen-bond donors (Lipinski definition) is 0. The van der Waals surface area contributed by atoms with Gasteiger partial charge in [-0.2, -0.15) is 0 Å². The van der Waals surface area contributed by atoms with Crippen LogP contribution in [0.1, 0.15) is 12.8 Å². The maximum absolute atomic E-state index is 12.4. The molecule has 6 nitrogen and oxygen atoms in total. The number of nitro benzene ring substituents is 1. The molecule has 0 radical (unpaired) electrons. The van der Waals surface area contributed by atoms with Crippen molar-refractivity contribution in [1.82, 2.24) is 4.90 Å². The number of benzene rings is 1. The van der Waals surface area contributed by atoms with Gasteiger partial charge in [-0.1, -0.05) is 6.07 Å². The predicted octanol–water partition coefficient (Wildman–Crippen LogP) is 1.46. The number of rotatable bonds is 3. The summed E-state index contributed by atoms with van der Waals surface area (Å²) >= 11 is 0. The first kappa shape index (κ1) is 14.0. The number of likely N-dealkylation sites (tertiary alicyclic amines) is 1. The van der Waals surface area contributed by atoms with Crippen LogP contribution >= 0.6 is 0 Å². The zero-order valence-electron chi connectivity index (χ0n) is 10.7. The first-order chi connectivity index (χ1) is 8.91. The molecule has 1 aliphatic rings. The van der Waals surface area contributed by atoms with Gasteiger partial charge in [0.2, 0.25) is 0 Å². The Morgan fingerprint density at radius 1 is 1.32 bits per heavy atom. The van der Waals surface area contributed by atoms with Crippen molar-refractivity contribution in [2.24, 2.45) is 0 Å². The molecule has 19 heavy (non-hydrogen) atoms. The summed E-state index contributed by atoms with van der Waals surface area (Å²) in [4.78, 5) is 12.3. The fourth-order valence-electron chi connectivity index (χ4n) is 2.26. The fourth-order valence-corrected chi connectivity index (χ4v) is 4.03. The van der Waals surface area contributed by atoms with E-state index in [0.29, 0.717) is 12.8 Å². The molecule has 2 rings (SSSR count). The second-order valence-corrected chi connectivity index (χ2v) is 7.03. The summed E-state index contributed by atoms with van der Waals surface area (Å²) in [6.07, 6.45) is 1.14. The first-order valence-electron chi connectivity index (χ1n) is 6.08. The molecule has 0 saturated carbocycles. The Morgan fingerprint density at radius 3 is 2.53 bits per heavy atom. The van der Waals surface area contributed by atoms with Crippen LogP contribution in [0.4, 0.5) is 5.69 Å². The van der Waals surface area contributed by atoms with E-state index in [9.17, 15) is 18.5 Å². The molecule has 0 atom stereocenters. The lowest BCUT2D eigenvalue weighted by molar-refractivity contribution is -0.385. The van der Waals surface area contributed by atoms with Crippen LogP contribution < -0.4 is 0 Å². The highest BCUT2D eigenvalue weighted by Gasteiger charge is 2.31. The van der Waals surface area contributed by atoms with Crippen LogP contribution in [0.25, 0.3) is 0 Å². The van der Waals surface area contributed by atoms with Crippen molar-refractivity contribution in [2.75, 3.05) is 20.1 Å². The number of piperidine rings is 1. The van der Waals surface area contributed by atoms with Crippen LogP contribution in [-0.2, 0) is 9.84 Å². The molecule has 1 fully saturated rings. The smallest absolute Gasteiger partial charge is 0.270 e. The average molecular weight is 284 g/mol. The van der Waals surface area contributed by atoms with Gasteiger partial charge in [0.15, 0.2) is 9.84 Å². The number of nitro groups is 1. The van der Waals surface area contributed by atoms with E-state index in [-0.39, 0.29) is 10.6 Å². The number of nitrogens with zero attached hydrogens (tertiary/aromatic N) is 2. The van der Waals surface area contributed by atoms with Gasteiger partial charge >= 0.3 is 0 Å². The summed E-state index contributed by atoms with van der Waals surface area (Å²) in [6.45, 7) is 1.47. The Labute approximate surface area is 112 Å². The molecule has 0 spiro atoms. The zero-order chi connectivity index (χ0) is 14.0. The monoisotopic (exact) mass is 284 g/mol. The van der Waals surface area contributed by atoms with Crippen LogP contribution in [0.3, 0.4) is 0 Å². The van der Waals surface area contributed by atoms with Crippen molar-refractivity contribution < 1.29 is 13.3 Å². The molecule has 104 valence electrons. The van der Waals surface area contributed by atoms with E-state index in [1.54, 1.807) is 0 Å². The Balaban J connectivity index is 2.29. The van der Waals surface area contributed by atoms with Crippen molar-refractivity contribution in [1.29, 1.82) is 0 Å². The molecule has 1 aromatic rings. The number of non-ortho nitro benzene ring substituents is 1. The van der Waals surface area contributed by atoms with Gasteiger partial charge in [0, 0.05) is 12.1 Å². The van der Waals surface area contributed by atoms with Crippen molar-refractivity contribution in [3.05, 3.63) is 34.4 Å². The van der Waals surface area contributed by atoms with Gasteiger partial charge in [0.1, 0.15) is 0 Å². The Morgan fingerprint density at radius 2 is 1.95 bits per heavy atom. The van der Waals surface area contributed by atoms with Gasteiger partial charge in [-0.15, -0.1) is 0 Å². The lowest BCUT2D eigenvalue weighted by Gasteiger charge is -2.28. The minimum Gasteiger partial charge on any atom is -0.306 e. The standard InChI is InChI=1S/C12H16N2O4S/c1-13-7-5-11(6-8-13)19(17,18)12-4-2-3-10(9-12)14(15)16/h2-4,9,11H,5-8H2,1H3. The Kier molecular flexibility index (Phi) is 3.86. The Hall–Kier alpha value is -1.47. The summed E-state index contributed by atoms with van der Waals surface area (Å²) in [6, 6.07) is 5.29. The van der Waals surface area contributed by atoms with E-state index in [0.717, 1.165) is 19.2 Å². The predicted molar refractivity (Wildman–Crippen MR) is 70.8 cm³/mol. The van der Waals surface area contributed by atoms with Crippen LogP contribution in [0.2, 0.25) is 0 Å².